The van der Waals surface area contributed by atoms with Gasteiger partial charge in [0.1, 0.15) is 5.52 Å². The number of oxazole rings is 1. The first-order chi connectivity index (χ1) is 14.2. The molecule has 2 aromatic heterocycles. The number of anilines is 1. The third-order valence-corrected chi connectivity index (χ3v) is 4.42. The van der Waals surface area contributed by atoms with Crippen molar-refractivity contribution in [2.45, 2.75) is 13.1 Å². The van der Waals surface area contributed by atoms with Gasteiger partial charge in [-0.3, -0.25) is 4.79 Å². The van der Waals surface area contributed by atoms with Gasteiger partial charge in [0.15, 0.2) is 11.3 Å². The van der Waals surface area contributed by atoms with Crippen LogP contribution in [0.2, 0.25) is 0 Å². The molecule has 0 radical (unpaired) electrons. The summed E-state index contributed by atoms with van der Waals surface area (Å²) in [6.07, 6.45) is -3.53. The molecule has 0 atom stereocenters. The Hall–Kier alpha value is -3.50. The summed E-state index contributed by atoms with van der Waals surface area (Å²) >= 11 is 0. The van der Waals surface area contributed by atoms with Gasteiger partial charge in [0.25, 0.3) is 11.9 Å². The Labute approximate surface area is 168 Å². The van der Waals surface area contributed by atoms with Crippen LogP contribution in [0, 0.1) is 6.92 Å². The minimum atomic E-state index is -5.08. The van der Waals surface area contributed by atoms with Gasteiger partial charge in [-0.25, -0.2) is 4.79 Å². The van der Waals surface area contributed by atoms with Gasteiger partial charge in [-0.1, -0.05) is 12.1 Å². The van der Waals surface area contributed by atoms with Gasteiger partial charge < -0.3 is 23.7 Å². The molecule has 0 saturated carbocycles. The van der Waals surface area contributed by atoms with E-state index in [1.54, 1.807) is 6.26 Å². The average Bonchev–Trinajstić information content (AvgIpc) is 3.33. The summed E-state index contributed by atoms with van der Waals surface area (Å²) in [5, 5.41) is 7.12. The molecular formula is C19H18F3N3O5. The Morgan fingerprint density at radius 3 is 2.27 bits per heavy atom. The summed E-state index contributed by atoms with van der Waals surface area (Å²) in [4.78, 5) is 29.7. The molecule has 0 spiro atoms. The van der Waals surface area contributed by atoms with Crippen LogP contribution in [0.3, 0.4) is 0 Å². The lowest BCUT2D eigenvalue weighted by Gasteiger charge is -2.33. The lowest BCUT2D eigenvalue weighted by Crippen LogP contribution is -2.49. The second-order valence-corrected chi connectivity index (χ2v) is 6.48. The van der Waals surface area contributed by atoms with Crippen molar-refractivity contribution in [3.63, 3.8) is 0 Å². The molecule has 1 aliphatic rings. The third kappa shape index (κ3) is 4.73. The number of alkyl halides is 3. The SMILES string of the molecule is Cc1ccoc1C(=O)N1CCN(c2nc3ccccc3o2)CC1.O=C(O)C(F)(F)F. The Balaban J connectivity index is 0.000000318. The van der Waals surface area contributed by atoms with Crippen LogP contribution in [0.5, 0.6) is 0 Å². The number of para-hydroxylation sites is 2. The van der Waals surface area contributed by atoms with Crippen LogP contribution >= 0.6 is 0 Å². The number of fused-ring (bicyclic) bond motifs is 1. The highest BCUT2D eigenvalue weighted by molar-refractivity contribution is 5.93. The minimum Gasteiger partial charge on any atom is -0.475 e. The molecular weight excluding hydrogens is 407 g/mol. The van der Waals surface area contributed by atoms with Gasteiger partial charge in [0.05, 0.1) is 6.26 Å². The number of hydrogen-bond donors (Lipinski definition) is 1. The van der Waals surface area contributed by atoms with Gasteiger partial charge in [-0.2, -0.15) is 18.2 Å². The molecule has 4 rings (SSSR count). The van der Waals surface area contributed by atoms with E-state index >= 15 is 0 Å². The summed E-state index contributed by atoms with van der Waals surface area (Å²) in [7, 11) is 0. The second-order valence-electron chi connectivity index (χ2n) is 6.48. The molecule has 1 fully saturated rings. The number of carboxylic acids is 1. The number of furan rings is 1. The fourth-order valence-electron chi connectivity index (χ4n) is 2.83. The number of aliphatic carboxylic acids is 1. The number of carbonyl (C=O) groups excluding carboxylic acids is 1. The lowest BCUT2D eigenvalue weighted by molar-refractivity contribution is -0.192. The van der Waals surface area contributed by atoms with Gasteiger partial charge in [0, 0.05) is 31.7 Å². The molecule has 11 heteroatoms. The number of aryl methyl sites for hydroxylation is 1. The van der Waals surface area contributed by atoms with Gasteiger partial charge in [0.2, 0.25) is 0 Å². The molecule has 160 valence electrons. The highest BCUT2D eigenvalue weighted by atomic mass is 19.4. The lowest BCUT2D eigenvalue weighted by atomic mass is 10.2. The fraction of sp³-hybridized carbons (Fsp3) is 0.316. The molecule has 30 heavy (non-hydrogen) atoms. The van der Waals surface area contributed by atoms with E-state index in [1.165, 1.54) is 0 Å². The predicted molar refractivity (Wildman–Crippen MR) is 99.3 cm³/mol. The van der Waals surface area contributed by atoms with Crippen molar-refractivity contribution in [1.82, 2.24) is 9.88 Å². The molecule has 3 heterocycles. The van der Waals surface area contributed by atoms with Crippen LogP contribution in [0.25, 0.3) is 11.1 Å². The van der Waals surface area contributed by atoms with Crippen LogP contribution in [-0.4, -0.2) is 59.2 Å². The van der Waals surface area contributed by atoms with Crippen LogP contribution in [-0.2, 0) is 4.79 Å². The van der Waals surface area contributed by atoms with Gasteiger partial charge in [-0.05, 0) is 25.1 Å². The summed E-state index contributed by atoms with van der Waals surface area (Å²) < 4.78 is 42.8. The molecule has 0 bridgehead atoms. The Bertz CT molecular complexity index is 1000. The van der Waals surface area contributed by atoms with Crippen molar-refractivity contribution in [3.8, 4) is 0 Å². The second kappa shape index (κ2) is 8.47. The van der Waals surface area contributed by atoms with Crippen molar-refractivity contribution in [2.75, 3.05) is 31.1 Å². The Morgan fingerprint density at radius 1 is 1.10 bits per heavy atom. The van der Waals surface area contributed by atoms with E-state index in [4.69, 9.17) is 18.7 Å². The van der Waals surface area contributed by atoms with Crippen molar-refractivity contribution in [1.29, 1.82) is 0 Å². The number of piperazine rings is 1. The van der Waals surface area contributed by atoms with E-state index in [-0.39, 0.29) is 5.91 Å². The minimum absolute atomic E-state index is 0.0512. The van der Waals surface area contributed by atoms with Crippen LogP contribution < -0.4 is 4.90 Å². The standard InChI is InChI=1S/C17H17N3O3.C2HF3O2/c1-12-6-11-22-15(12)16(21)19-7-9-20(10-8-19)17-18-13-4-2-3-5-14(13)23-17;3-2(4,5)1(6)7/h2-6,11H,7-10H2,1H3;(H,6,7). The third-order valence-electron chi connectivity index (χ3n) is 4.42. The number of halogens is 3. The van der Waals surface area contributed by atoms with E-state index in [0.29, 0.717) is 38.0 Å². The first-order valence-corrected chi connectivity index (χ1v) is 8.91. The van der Waals surface area contributed by atoms with Crippen molar-refractivity contribution >= 4 is 29.0 Å². The number of aromatic nitrogens is 1. The quantitative estimate of drug-likeness (QED) is 0.672. The summed E-state index contributed by atoms with van der Waals surface area (Å²) in [6.45, 7) is 4.51. The monoisotopic (exact) mass is 425 g/mol. The van der Waals surface area contributed by atoms with E-state index in [2.05, 4.69) is 9.88 Å². The van der Waals surface area contributed by atoms with Gasteiger partial charge >= 0.3 is 12.1 Å². The topological polar surface area (TPSA) is 100 Å². The van der Waals surface area contributed by atoms with Crippen LogP contribution in [0.1, 0.15) is 16.1 Å². The van der Waals surface area contributed by atoms with E-state index in [0.717, 1.165) is 16.7 Å². The summed E-state index contributed by atoms with van der Waals surface area (Å²) in [6, 6.07) is 10.1. The van der Waals surface area contributed by atoms with E-state index < -0.39 is 12.1 Å². The maximum atomic E-state index is 12.4. The van der Waals surface area contributed by atoms with Crippen LogP contribution in [0.15, 0.2) is 45.4 Å². The van der Waals surface area contributed by atoms with Crippen molar-refractivity contribution in [2.24, 2.45) is 0 Å². The number of carboxylic acid groups (broad SMARTS) is 1. The Kier molecular flexibility index (Phi) is 5.99. The summed E-state index contributed by atoms with van der Waals surface area (Å²) in [5.74, 6) is -2.38. The zero-order chi connectivity index (χ0) is 21.9. The molecule has 1 aromatic carbocycles. The van der Waals surface area contributed by atoms with E-state index in [9.17, 15) is 18.0 Å². The molecule has 0 unspecified atom stereocenters. The van der Waals surface area contributed by atoms with Crippen molar-refractivity contribution in [3.05, 3.63) is 47.9 Å². The normalized spacial score (nSPS) is 14.4. The molecule has 3 aromatic rings. The number of rotatable bonds is 2. The number of benzene rings is 1. The molecule has 1 saturated heterocycles. The van der Waals surface area contributed by atoms with Crippen LogP contribution in [0.4, 0.5) is 19.2 Å². The van der Waals surface area contributed by atoms with Crippen molar-refractivity contribution < 1.29 is 36.7 Å². The highest BCUT2D eigenvalue weighted by Crippen LogP contribution is 2.23. The highest BCUT2D eigenvalue weighted by Gasteiger charge is 2.38. The zero-order valence-corrected chi connectivity index (χ0v) is 15.8. The first kappa shape index (κ1) is 21.2. The maximum Gasteiger partial charge on any atom is 0.490 e. The van der Waals surface area contributed by atoms with E-state index in [1.807, 2.05) is 42.2 Å². The zero-order valence-electron chi connectivity index (χ0n) is 15.8. The molecule has 1 N–H and O–H groups in total. The molecule has 1 amide bonds. The number of nitrogens with zero attached hydrogens (tertiary/aromatic N) is 3. The van der Waals surface area contributed by atoms with Gasteiger partial charge in [-0.15, -0.1) is 0 Å². The number of carbonyl (C=O) groups is 2. The molecule has 1 aliphatic heterocycles. The number of hydrogen-bond acceptors (Lipinski definition) is 6. The molecule has 8 nitrogen and oxygen atoms in total. The Morgan fingerprint density at radius 2 is 1.73 bits per heavy atom. The first-order valence-electron chi connectivity index (χ1n) is 8.91. The largest absolute Gasteiger partial charge is 0.490 e. The average molecular weight is 425 g/mol. The maximum absolute atomic E-state index is 12.4. The smallest absolute Gasteiger partial charge is 0.475 e. The molecule has 0 aliphatic carbocycles. The number of amides is 1. The predicted octanol–water partition coefficient (Wildman–Crippen LogP) is 3.32. The summed E-state index contributed by atoms with van der Waals surface area (Å²) in [5.41, 5.74) is 2.51. The fourth-order valence-corrected chi connectivity index (χ4v) is 2.83.